The Labute approximate surface area is 126 Å². The molecule has 1 aromatic rings. The fourth-order valence-electron chi connectivity index (χ4n) is 3.25. The van der Waals surface area contributed by atoms with Crippen molar-refractivity contribution in [3.63, 3.8) is 0 Å². The van der Waals surface area contributed by atoms with Crippen molar-refractivity contribution >= 4 is 11.6 Å². The summed E-state index contributed by atoms with van der Waals surface area (Å²) >= 11 is 0. The van der Waals surface area contributed by atoms with Crippen LogP contribution in [-0.2, 0) is 16.0 Å². The van der Waals surface area contributed by atoms with Crippen LogP contribution in [0, 0.1) is 5.92 Å². The summed E-state index contributed by atoms with van der Waals surface area (Å²) in [5, 5.41) is 3.05. The van der Waals surface area contributed by atoms with Gasteiger partial charge >= 0.3 is 0 Å². The third-order valence-corrected chi connectivity index (χ3v) is 4.45. The average Bonchev–Trinajstić information content (AvgIpc) is 3.17. The SMILES string of the molecule is CCO[C@@H]1C[C@@H]1C(=O)NCCN1c2ccccc2C[C@@H]1C. The Morgan fingerprint density at radius 1 is 1.43 bits per heavy atom. The lowest BCUT2D eigenvalue weighted by molar-refractivity contribution is -0.123. The first kappa shape index (κ1) is 14.4. The van der Waals surface area contributed by atoms with Gasteiger partial charge in [0, 0.05) is 31.4 Å². The van der Waals surface area contributed by atoms with Crippen LogP contribution < -0.4 is 10.2 Å². The van der Waals surface area contributed by atoms with Gasteiger partial charge in [-0.3, -0.25) is 4.79 Å². The number of amides is 1. The van der Waals surface area contributed by atoms with Gasteiger partial charge in [-0.1, -0.05) is 18.2 Å². The number of fused-ring (bicyclic) bond motifs is 1. The minimum Gasteiger partial charge on any atom is -0.378 e. The van der Waals surface area contributed by atoms with Crippen molar-refractivity contribution in [3.05, 3.63) is 29.8 Å². The van der Waals surface area contributed by atoms with Crippen molar-refractivity contribution < 1.29 is 9.53 Å². The topological polar surface area (TPSA) is 41.6 Å². The fourth-order valence-corrected chi connectivity index (χ4v) is 3.25. The number of anilines is 1. The Morgan fingerprint density at radius 2 is 2.24 bits per heavy atom. The van der Waals surface area contributed by atoms with E-state index < -0.39 is 0 Å². The quantitative estimate of drug-likeness (QED) is 0.870. The second kappa shape index (κ2) is 6.06. The molecule has 4 nitrogen and oxygen atoms in total. The Morgan fingerprint density at radius 3 is 3.05 bits per heavy atom. The van der Waals surface area contributed by atoms with Gasteiger partial charge in [0.1, 0.15) is 0 Å². The lowest BCUT2D eigenvalue weighted by Crippen LogP contribution is -2.38. The van der Waals surface area contributed by atoms with Crippen molar-refractivity contribution in [1.82, 2.24) is 5.32 Å². The number of rotatable bonds is 6. The van der Waals surface area contributed by atoms with Crippen LogP contribution in [0.3, 0.4) is 0 Å². The molecule has 1 saturated carbocycles. The maximum Gasteiger partial charge on any atom is 0.225 e. The van der Waals surface area contributed by atoms with Gasteiger partial charge in [-0.15, -0.1) is 0 Å². The smallest absolute Gasteiger partial charge is 0.225 e. The molecule has 0 bridgehead atoms. The molecule has 114 valence electrons. The first-order chi connectivity index (χ1) is 10.2. The van der Waals surface area contributed by atoms with Crippen molar-refractivity contribution in [3.8, 4) is 0 Å². The normalized spacial score (nSPS) is 26.6. The lowest BCUT2D eigenvalue weighted by atomic mass is 10.1. The second-order valence-electron chi connectivity index (χ2n) is 6.00. The first-order valence-electron chi connectivity index (χ1n) is 7.94. The molecule has 1 N–H and O–H groups in total. The molecule has 1 amide bonds. The van der Waals surface area contributed by atoms with Crippen LogP contribution in [0.1, 0.15) is 25.8 Å². The predicted octanol–water partition coefficient (Wildman–Crippen LogP) is 1.98. The van der Waals surface area contributed by atoms with Gasteiger partial charge in [0.25, 0.3) is 0 Å². The number of para-hydroxylation sites is 1. The van der Waals surface area contributed by atoms with E-state index in [-0.39, 0.29) is 17.9 Å². The first-order valence-corrected chi connectivity index (χ1v) is 7.94. The minimum absolute atomic E-state index is 0.0771. The number of carbonyl (C=O) groups excluding carboxylic acids is 1. The van der Waals surface area contributed by atoms with E-state index in [2.05, 4.69) is 41.4 Å². The lowest BCUT2D eigenvalue weighted by Gasteiger charge is -2.25. The van der Waals surface area contributed by atoms with Crippen LogP contribution in [0.15, 0.2) is 24.3 Å². The van der Waals surface area contributed by atoms with Crippen LogP contribution in [0.2, 0.25) is 0 Å². The Kier molecular flexibility index (Phi) is 4.15. The van der Waals surface area contributed by atoms with E-state index in [1.165, 1.54) is 11.3 Å². The van der Waals surface area contributed by atoms with E-state index in [0.717, 1.165) is 19.4 Å². The van der Waals surface area contributed by atoms with E-state index in [0.29, 0.717) is 19.2 Å². The van der Waals surface area contributed by atoms with Crippen LogP contribution in [0.4, 0.5) is 5.69 Å². The summed E-state index contributed by atoms with van der Waals surface area (Å²) in [6.45, 7) is 6.48. The monoisotopic (exact) mass is 288 g/mol. The molecule has 0 aromatic heterocycles. The number of nitrogens with zero attached hydrogens (tertiary/aromatic N) is 1. The number of ether oxygens (including phenoxy) is 1. The Hall–Kier alpha value is -1.55. The maximum atomic E-state index is 12.0. The van der Waals surface area contributed by atoms with Crippen LogP contribution in [-0.4, -0.2) is 37.7 Å². The standard InChI is InChI=1S/C17H24N2O2/c1-3-21-16-11-14(16)17(20)18-8-9-19-12(2)10-13-6-4-5-7-15(13)19/h4-7,12,14,16H,3,8-11H2,1-2H3,(H,18,20)/t12-,14-,16+/m0/s1. The third-order valence-electron chi connectivity index (χ3n) is 4.45. The van der Waals surface area contributed by atoms with Crippen LogP contribution in [0.25, 0.3) is 0 Å². The molecule has 0 saturated heterocycles. The highest BCUT2D eigenvalue weighted by Gasteiger charge is 2.43. The minimum atomic E-state index is 0.0771. The van der Waals surface area contributed by atoms with Gasteiger partial charge in [0.05, 0.1) is 12.0 Å². The summed E-state index contributed by atoms with van der Waals surface area (Å²) in [6, 6.07) is 9.06. The summed E-state index contributed by atoms with van der Waals surface area (Å²) in [5.41, 5.74) is 2.73. The molecular formula is C17H24N2O2. The molecule has 0 spiro atoms. The predicted molar refractivity (Wildman–Crippen MR) is 83.5 cm³/mol. The van der Waals surface area contributed by atoms with E-state index in [4.69, 9.17) is 4.74 Å². The number of hydrogen-bond donors (Lipinski definition) is 1. The molecule has 1 heterocycles. The number of benzene rings is 1. The van der Waals surface area contributed by atoms with E-state index in [9.17, 15) is 4.79 Å². The zero-order valence-corrected chi connectivity index (χ0v) is 12.8. The van der Waals surface area contributed by atoms with Crippen molar-refractivity contribution in [2.24, 2.45) is 5.92 Å². The summed E-state index contributed by atoms with van der Waals surface area (Å²) in [5.74, 6) is 0.224. The summed E-state index contributed by atoms with van der Waals surface area (Å²) in [7, 11) is 0. The average molecular weight is 288 g/mol. The molecule has 0 unspecified atom stereocenters. The zero-order valence-electron chi connectivity index (χ0n) is 12.8. The molecule has 0 radical (unpaired) electrons. The van der Waals surface area contributed by atoms with Gasteiger partial charge in [-0.25, -0.2) is 0 Å². The van der Waals surface area contributed by atoms with E-state index in [1.807, 2.05) is 6.92 Å². The number of nitrogens with one attached hydrogen (secondary N) is 1. The molecule has 1 aliphatic carbocycles. The van der Waals surface area contributed by atoms with Crippen molar-refractivity contribution in [2.75, 3.05) is 24.6 Å². The summed E-state index contributed by atoms with van der Waals surface area (Å²) in [4.78, 5) is 14.4. The summed E-state index contributed by atoms with van der Waals surface area (Å²) in [6.07, 6.45) is 2.13. The van der Waals surface area contributed by atoms with Crippen molar-refractivity contribution in [2.45, 2.75) is 38.8 Å². The zero-order chi connectivity index (χ0) is 14.8. The molecular weight excluding hydrogens is 264 g/mol. The third kappa shape index (κ3) is 3.05. The van der Waals surface area contributed by atoms with Gasteiger partial charge in [-0.2, -0.15) is 0 Å². The van der Waals surface area contributed by atoms with Gasteiger partial charge in [0.15, 0.2) is 0 Å². The maximum absolute atomic E-state index is 12.0. The molecule has 4 heteroatoms. The number of hydrogen-bond acceptors (Lipinski definition) is 3. The van der Waals surface area contributed by atoms with Gasteiger partial charge < -0.3 is 15.0 Å². The van der Waals surface area contributed by atoms with E-state index in [1.54, 1.807) is 0 Å². The Bertz CT molecular complexity index is 517. The van der Waals surface area contributed by atoms with Crippen LogP contribution in [0.5, 0.6) is 0 Å². The van der Waals surface area contributed by atoms with E-state index >= 15 is 0 Å². The molecule has 1 aromatic carbocycles. The molecule has 1 fully saturated rings. The molecule has 3 rings (SSSR count). The fraction of sp³-hybridized carbons (Fsp3) is 0.588. The molecule has 2 aliphatic rings. The largest absolute Gasteiger partial charge is 0.378 e. The molecule has 3 atom stereocenters. The Balaban J connectivity index is 1.47. The highest BCUT2D eigenvalue weighted by molar-refractivity contribution is 5.82. The number of carbonyl (C=O) groups is 1. The molecule has 1 aliphatic heterocycles. The second-order valence-corrected chi connectivity index (χ2v) is 6.00. The molecule has 21 heavy (non-hydrogen) atoms. The van der Waals surface area contributed by atoms with Crippen LogP contribution >= 0.6 is 0 Å². The van der Waals surface area contributed by atoms with Crippen molar-refractivity contribution in [1.29, 1.82) is 0 Å². The highest BCUT2D eigenvalue weighted by Crippen LogP contribution is 2.34. The summed E-state index contributed by atoms with van der Waals surface area (Å²) < 4.78 is 5.46. The van der Waals surface area contributed by atoms with Gasteiger partial charge in [0.2, 0.25) is 5.91 Å². The highest BCUT2D eigenvalue weighted by atomic mass is 16.5. The van der Waals surface area contributed by atoms with Gasteiger partial charge in [-0.05, 0) is 38.3 Å².